The molecule has 0 aliphatic carbocycles. The monoisotopic (exact) mass is 406 g/mol. The van der Waals surface area contributed by atoms with Gasteiger partial charge in [-0.15, -0.1) is 0 Å². The Hall–Kier alpha value is -2.57. The molecule has 4 nitrogen and oxygen atoms in total. The third-order valence-electron chi connectivity index (χ3n) is 4.95. The van der Waals surface area contributed by atoms with E-state index in [0.717, 1.165) is 24.2 Å². The summed E-state index contributed by atoms with van der Waals surface area (Å²) >= 11 is 3.59. The molecule has 0 fully saturated rings. The second-order valence-electron chi connectivity index (χ2n) is 6.48. The molecule has 1 aliphatic rings. The molecule has 6 heteroatoms. The molecule has 5 rings (SSSR count). The zero-order chi connectivity index (χ0) is 19.1. The molecule has 4 aromatic rings. The Kier molecular flexibility index (Phi) is 4.45. The van der Waals surface area contributed by atoms with Crippen LogP contribution in [0.5, 0.6) is 0 Å². The first-order valence-corrected chi connectivity index (χ1v) is 11.0. The second-order valence-corrected chi connectivity index (χ2v) is 8.57. The summed E-state index contributed by atoms with van der Waals surface area (Å²) in [5.41, 5.74) is 4.29. The van der Waals surface area contributed by atoms with Crippen molar-refractivity contribution in [2.75, 3.05) is 11.4 Å². The van der Waals surface area contributed by atoms with Gasteiger partial charge in [-0.2, -0.15) is 4.57 Å². The van der Waals surface area contributed by atoms with Crippen molar-refractivity contribution in [3.63, 3.8) is 0 Å². The highest BCUT2D eigenvalue weighted by Gasteiger charge is 2.27. The highest BCUT2D eigenvalue weighted by molar-refractivity contribution is 8.04. The van der Waals surface area contributed by atoms with Gasteiger partial charge in [0.2, 0.25) is 5.52 Å². The molecule has 0 radical (unpaired) electrons. The predicted octanol–water partition coefficient (Wildman–Crippen LogP) is 5.84. The predicted molar refractivity (Wildman–Crippen MR) is 118 cm³/mol. The Morgan fingerprint density at radius 3 is 2.93 bits per heavy atom. The van der Waals surface area contributed by atoms with Gasteiger partial charge in [-0.3, -0.25) is 0 Å². The average molecular weight is 407 g/mol. The van der Waals surface area contributed by atoms with E-state index >= 15 is 0 Å². The molecular weight excluding hydrogens is 386 g/mol. The zero-order valence-corrected chi connectivity index (χ0v) is 17.4. The molecule has 2 aromatic carbocycles. The summed E-state index contributed by atoms with van der Waals surface area (Å²) < 4.78 is 9.15. The van der Waals surface area contributed by atoms with Gasteiger partial charge in [0.05, 0.1) is 15.6 Å². The van der Waals surface area contributed by atoms with Gasteiger partial charge in [-0.05, 0) is 38.1 Å². The third kappa shape index (κ3) is 2.75. The highest BCUT2D eigenvalue weighted by atomic mass is 32.2. The van der Waals surface area contributed by atoms with Crippen LogP contribution in [-0.2, 0) is 6.54 Å². The van der Waals surface area contributed by atoms with Crippen molar-refractivity contribution in [3.05, 3.63) is 65.0 Å². The summed E-state index contributed by atoms with van der Waals surface area (Å²) in [5, 5.41) is 2.48. The first-order chi connectivity index (χ1) is 13.8. The van der Waals surface area contributed by atoms with Gasteiger partial charge in [0.25, 0.3) is 5.01 Å². The number of aryl methyl sites for hydroxylation is 1. The van der Waals surface area contributed by atoms with Gasteiger partial charge in [0.1, 0.15) is 16.8 Å². The fourth-order valence-electron chi connectivity index (χ4n) is 3.65. The Labute approximate surface area is 171 Å². The van der Waals surface area contributed by atoms with Crippen molar-refractivity contribution in [1.29, 1.82) is 0 Å². The van der Waals surface area contributed by atoms with Gasteiger partial charge >= 0.3 is 0 Å². The summed E-state index contributed by atoms with van der Waals surface area (Å²) in [6.45, 7) is 6.25. The van der Waals surface area contributed by atoms with Gasteiger partial charge in [0, 0.05) is 18.7 Å². The van der Waals surface area contributed by atoms with Crippen molar-refractivity contribution in [2.24, 2.45) is 0 Å². The molecule has 0 bridgehead atoms. The van der Waals surface area contributed by atoms with E-state index in [-0.39, 0.29) is 0 Å². The topological polar surface area (TPSA) is 33.2 Å². The van der Waals surface area contributed by atoms with Crippen molar-refractivity contribution in [2.45, 2.75) is 25.3 Å². The minimum atomic E-state index is 0.841. The third-order valence-corrected chi connectivity index (χ3v) is 7.25. The maximum absolute atomic E-state index is 5.46. The van der Waals surface area contributed by atoms with E-state index in [1.54, 1.807) is 11.8 Å². The van der Waals surface area contributed by atoms with E-state index in [0.29, 0.717) is 0 Å². The number of benzene rings is 2. The van der Waals surface area contributed by atoms with Crippen molar-refractivity contribution in [1.82, 2.24) is 4.98 Å². The molecule has 0 atom stereocenters. The van der Waals surface area contributed by atoms with E-state index in [1.807, 2.05) is 17.4 Å². The van der Waals surface area contributed by atoms with Crippen LogP contribution in [-0.4, -0.2) is 11.5 Å². The number of aromatic nitrogens is 2. The van der Waals surface area contributed by atoms with E-state index in [9.17, 15) is 0 Å². The summed E-state index contributed by atoms with van der Waals surface area (Å²) in [4.78, 5) is 7.92. The molecule has 3 heterocycles. The lowest BCUT2D eigenvalue weighted by Gasteiger charge is -2.17. The molecule has 0 saturated heterocycles. The Morgan fingerprint density at radius 1 is 1.18 bits per heavy atom. The van der Waals surface area contributed by atoms with Crippen LogP contribution in [0.4, 0.5) is 5.69 Å². The molecular formula is C22H20N3OS2+. The number of para-hydroxylation sites is 1. The number of oxazole rings is 1. The van der Waals surface area contributed by atoms with E-state index < -0.39 is 0 Å². The summed E-state index contributed by atoms with van der Waals surface area (Å²) in [6, 6.07) is 12.7. The van der Waals surface area contributed by atoms with Crippen molar-refractivity contribution >= 4 is 56.2 Å². The minimum absolute atomic E-state index is 0.841. The smallest absolute Gasteiger partial charge is 0.262 e. The largest absolute Gasteiger partial charge is 0.443 e. The van der Waals surface area contributed by atoms with Crippen LogP contribution in [0.3, 0.4) is 0 Å². The molecule has 140 valence electrons. The minimum Gasteiger partial charge on any atom is -0.443 e. The van der Waals surface area contributed by atoms with Crippen LogP contribution in [0.1, 0.15) is 18.9 Å². The number of hydrogen-bond donors (Lipinski definition) is 0. The molecule has 28 heavy (non-hydrogen) atoms. The molecule has 0 N–H and O–H groups in total. The number of thioether (sulfide) groups is 1. The number of hydrogen-bond acceptors (Lipinski definition) is 5. The summed E-state index contributed by atoms with van der Waals surface area (Å²) in [7, 11) is 0. The number of rotatable bonds is 4. The molecule has 2 aromatic heterocycles. The summed E-state index contributed by atoms with van der Waals surface area (Å²) in [6.07, 6.45) is 8.09. The van der Waals surface area contributed by atoms with Crippen LogP contribution in [0.15, 0.2) is 69.3 Å². The number of thiazole rings is 1. The number of anilines is 1. The molecule has 0 unspecified atom stereocenters. The lowest BCUT2D eigenvalue weighted by atomic mass is 10.2. The Morgan fingerprint density at radius 2 is 2.07 bits per heavy atom. The molecule has 0 saturated carbocycles. The van der Waals surface area contributed by atoms with Crippen molar-refractivity contribution < 1.29 is 8.98 Å². The van der Waals surface area contributed by atoms with Crippen LogP contribution in [0.2, 0.25) is 0 Å². The van der Waals surface area contributed by atoms with Crippen LogP contribution < -0.4 is 9.47 Å². The fourth-order valence-corrected chi connectivity index (χ4v) is 6.02. The number of allylic oxidation sites excluding steroid dienone is 2. The molecule has 1 aliphatic heterocycles. The van der Waals surface area contributed by atoms with Crippen LogP contribution >= 0.6 is 23.1 Å². The van der Waals surface area contributed by atoms with Gasteiger partial charge in [-0.25, -0.2) is 4.98 Å². The zero-order valence-electron chi connectivity index (χ0n) is 15.8. The van der Waals surface area contributed by atoms with Crippen LogP contribution in [0.25, 0.3) is 27.4 Å². The average Bonchev–Trinajstić information content (AvgIpc) is 3.41. The normalized spacial score (nSPS) is 15.5. The standard InChI is InChI=1S/C22H20N3OS2/c1-3-24-15-8-5-6-9-18(15)27-19(24)10-7-11-20-25(4-2)16-12-13-17-21(22(16)28-20)23-14-26-17/h5-14H,3-4H2,1-2H3/q+1. The Balaban J connectivity index is 1.50. The van der Waals surface area contributed by atoms with E-state index in [1.165, 1.54) is 37.2 Å². The second kappa shape index (κ2) is 7.11. The van der Waals surface area contributed by atoms with Gasteiger partial charge in [0.15, 0.2) is 12.0 Å². The number of nitrogens with zero attached hydrogens (tertiary/aromatic N) is 3. The molecule has 0 spiro atoms. The molecule has 0 amide bonds. The maximum Gasteiger partial charge on any atom is 0.262 e. The quantitative estimate of drug-likeness (QED) is 0.399. The lowest BCUT2D eigenvalue weighted by molar-refractivity contribution is -0.665. The van der Waals surface area contributed by atoms with Gasteiger partial charge < -0.3 is 9.32 Å². The van der Waals surface area contributed by atoms with E-state index in [2.05, 4.69) is 76.9 Å². The highest BCUT2D eigenvalue weighted by Crippen LogP contribution is 2.48. The van der Waals surface area contributed by atoms with Gasteiger partial charge in [-0.1, -0.05) is 41.3 Å². The van der Waals surface area contributed by atoms with Crippen LogP contribution in [0, 0.1) is 0 Å². The first kappa shape index (κ1) is 17.5. The fraction of sp³-hybridized carbons (Fsp3) is 0.182. The lowest BCUT2D eigenvalue weighted by Crippen LogP contribution is -2.33. The first-order valence-electron chi connectivity index (χ1n) is 9.41. The SMILES string of the molecule is CCN1C(=CC=Cc2sc3ccccc3[n+]2CC)Sc2c1ccc1ocnc21. The number of fused-ring (bicyclic) bond motifs is 4. The Bertz CT molecular complexity index is 1240. The van der Waals surface area contributed by atoms with Crippen molar-refractivity contribution in [3.8, 4) is 0 Å². The maximum atomic E-state index is 5.46. The van der Waals surface area contributed by atoms with E-state index in [4.69, 9.17) is 4.42 Å². The summed E-state index contributed by atoms with van der Waals surface area (Å²) in [5.74, 6) is 0.